The molecule has 1 aromatic heterocycles. The Hall–Kier alpha value is -1.31. The Balaban J connectivity index is 2.84. The number of aromatic nitrogens is 1. The zero-order valence-corrected chi connectivity index (χ0v) is 8.46. The Morgan fingerprint density at radius 1 is 1.54 bits per heavy atom. The minimum atomic E-state index is 1.02. The zero-order valence-electron chi connectivity index (χ0n) is 8.46. The third-order valence-corrected chi connectivity index (χ3v) is 1.98. The van der Waals surface area contributed by atoms with E-state index in [-0.39, 0.29) is 0 Å². The van der Waals surface area contributed by atoms with E-state index in [1.807, 2.05) is 26.2 Å². The molecule has 2 heteroatoms. The van der Waals surface area contributed by atoms with Gasteiger partial charge < -0.3 is 5.32 Å². The molecule has 0 bridgehead atoms. The summed E-state index contributed by atoms with van der Waals surface area (Å²) in [5, 5.41) is 3.15. The van der Waals surface area contributed by atoms with E-state index in [1.54, 1.807) is 0 Å². The molecule has 0 saturated heterocycles. The number of allylic oxidation sites excluding steroid dienone is 1. The van der Waals surface area contributed by atoms with E-state index in [4.69, 9.17) is 0 Å². The third-order valence-electron chi connectivity index (χ3n) is 1.98. The number of hydrogen-bond acceptors (Lipinski definition) is 2. The summed E-state index contributed by atoms with van der Waals surface area (Å²) in [6.07, 6.45) is 5.03. The monoisotopic (exact) mass is 176 g/mol. The van der Waals surface area contributed by atoms with Gasteiger partial charge in [-0.2, -0.15) is 0 Å². The van der Waals surface area contributed by atoms with Gasteiger partial charge in [-0.15, -0.1) is 0 Å². The van der Waals surface area contributed by atoms with E-state index in [0.29, 0.717) is 0 Å². The van der Waals surface area contributed by atoms with Crippen LogP contribution in [0.3, 0.4) is 0 Å². The number of nitrogens with one attached hydrogen (secondary N) is 1. The van der Waals surface area contributed by atoms with E-state index in [2.05, 4.69) is 29.4 Å². The summed E-state index contributed by atoms with van der Waals surface area (Å²) in [5.41, 5.74) is 3.43. The van der Waals surface area contributed by atoms with Crippen LogP contribution in [-0.2, 0) is 0 Å². The van der Waals surface area contributed by atoms with E-state index >= 15 is 0 Å². The summed E-state index contributed by atoms with van der Waals surface area (Å²) in [7, 11) is 1.94. The lowest BCUT2D eigenvalue weighted by Crippen LogP contribution is -2.03. The van der Waals surface area contributed by atoms with Crippen LogP contribution >= 0.6 is 0 Å². The minimum absolute atomic E-state index is 1.02. The Morgan fingerprint density at radius 2 is 2.31 bits per heavy atom. The first-order valence-corrected chi connectivity index (χ1v) is 4.57. The number of pyridine rings is 1. The van der Waals surface area contributed by atoms with Gasteiger partial charge in [-0.1, -0.05) is 13.0 Å². The lowest BCUT2D eigenvalue weighted by Gasteiger charge is -2.02. The summed E-state index contributed by atoms with van der Waals surface area (Å²) in [5.74, 6) is 0. The first-order valence-electron chi connectivity index (χ1n) is 4.57. The van der Waals surface area contributed by atoms with Gasteiger partial charge in [-0.25, -0.2) is 0 Å². The van der Waals surface area contributed by atoms with Gasteiger partial charge >= 0.3 is 0 Å². The van der Waals surface area contributed by atoms with Gasteiger partial charge in [0.15, 0.2) is 0 Å². The van der Waals surface area contributed by atoms with E-state index < -0.39 is 0 Å². The molecule has 0 aliphatic rings. The average molecular weight is 176 g/mol. The molecule has 0 aliphatic carbocycles. The molecule has 70 valence electrons. The molecule has 0 fully saturated rings. The van der Waals surface area contributed by atoms with Crippen LogP contribution in [0, 0.1) is 6.92 Å². The van der Waals surface area contributed by atoms with Crippen molar-refractivity contribution in [3.63, 3.8) is 0 Å². The van der Waals surface area contributed by atoms with Gasteiger partial charge in [-0.3, -0.25) is 4.98 Å². The summed E-state index contributed by atoms with van der Waals surface area (Å²) in [6.45, 7) is 4.12. The highest BCUT2D eigenvalue weighted by Crippen LogP contribution is 2.06. The summed E-state index contributed by atoms with van der Waals surface area (Å²) in [4.78, 5) is 4.23. The Morgan fingerprint density at radius 3 is 2.77 bits per heavy atom. The van der Waals surface area contributed by atoms with Crippen molar-refractivity contribution in [1.82, 2.24) is 10.3 Å². The van der Waals surface area contributed by atoms with Crippen LogP contribution in [0.5, 0.6) is 0 Å². The second-order valence-corrected chi connectivity index (χ2v) is 3.01. The van der Waals surface area contributed by atoms with Crippen molar-refractivity contribution < 1.29 is 0 Å². The quantitative estimate of drug-likeness (QED) is 0.764. The molecule has 13 heavy (non-hydrogen) atoms. The van der Waals surface area contributed by atoms with E-state index in [1.165, 1.54) is 5.70 Å². The smallest absolute Gasteiger partial charge is 0.0373 e. The number of aryl methyl sites for hydroxylation is 1. The third kappa shape index (κ3) is 2.90. The maximum Gasteiger partial charge on any atom is 0.0373 e. The van der Waals surface area contributed by atoms with E-state index in [0.717, 1.165) is 17.7 Å². The van der Waals surface area contributed by atoms with Crippen molar-refractivity contribution in [3.05, 3.63) is 35.3 Å². The van der Waals surface area contributed by atoms with Crippen LogP contribution in [0.15, 0.2) is 24.0 Å². The second kappa shape index (κ2) is 4.65. The highest BCUT2D eigenvalue weighted by Gasteiger charge is 1.91. The molecule has 2 nitrogen and oxygen atoms in total. The first-order chi connectivity index (χ1) is 6.26. The fourth-order valence-corrected chi connectivity index (χ4v) is 1.12. The molecule has 0 unspecified atom stereocenters. The van der Waals surface area contributed by atoms with Crippen molar-refractivity contribution >= 4 is 6.08 Å². The molecule has 1 heterocycles. The molecule has 1 rings (SSSR count). The number of rotatable bonds is 3. The molecule has 0 amide bonds. The molecule has 0 aromatic carbocycles. The lowest BCUT2D eigenvalue weighted by atomic mass is 10.2. The van der Waals surface area contributed by atoms with Crippen LogP contribution in [-0.4, -0.2) is 12.0 Å². The molecule has 0 saturated carbocycles. The summed E-state index contributed by atoms with van der Waals surface area (Å²) in [6, 6.07) is 4.10. The Labute approximate surface area is 79.7 Å². The normalized spacial score (nSPS) is 11.5. The predicted octanol–water partition coefficient (Wildman–Crippen LogP) is 2.36. The molecule has 0 spiro atoms. The molecule has 0 radical (unpaired) electrons. The fraction of sp³-hybridized carbons (Fsp3) is 0.364. The maximum absolute atomic E-state index is 4.23. The molecule has 1 aromatic rings. The van der Waals surface area contributed by atoms with Crippen molar-refractivity contribution in [3.8, 4) is 0 Å². The SMILES string of the molecule is CC/C(=C\c1ccc(C)nc1)NC. The highest BCUT2D eigenvalue weighted by molar-refractivity contribution is 5.51. The van der Waals surface area contributed by atoms with Crippen LogP contribution in [0.2, 0.25) is 0 Å². The van der Waals surface area contributed by atoms with Crippen LogP contribution in [0.1, 0.15) is 24.6 Å². The van der Waals surface area contributed by atoms with Gasteiger partial charge in [0, 0.05) is 24.6 Å². The van der Waals surface area contributed by atoms with Gasteiger partial charge in [0.25, 0.3) is 0 Å². The Bertz CT molecular complexity index is 279. The van der Waals surface area contributed by atoms with Crippen LogP contribution in [0.25, 0.3) is 6.08 Å². The average Bonchev–Trinajstić information content (AvgIpc) is 2.17. The van der Waals surface area contributed by atoms with Gasteiger partial charge in [0.05, 0.1) is 0 Å². The summed E-state index contributed by atoms with van der Waals surface area (Å²) >= 11 is 0. The topological polar surface area (TPSA) is 24.9 Å². The molecule has 0 aliphatic heterocycles. The van der Waals surface area contributed by atoms with Crippen LogP contribution < -0.4 is 5.32 Å². The molecule has 1 N–H and O–H groups in total. The molecular weight excluding hydrogens is 160 g/mol. The van der Waals surface area contributed by atoms with E-state index in [9.17, 15) is 0 Å². The van der Waals surface area contributed by atoms with Gasteiger partial charge in [0.1, 0.15) is 0 Å². The van der Waals surface area contributed by atoms with Crippen molar-refractivity contribution in [1.29, 1.82) is 0 Å². The molecular formula is C11H16N2. The predicted molar refractivity (Wildman–Crippen MR) is 56.3 cm³/mol. The standard InChI is InChI=1S/C11H16N2/c1-4-11(12-3)7-10-6-5-9(2)13-8-10/h5-8,12H,4H2,1-3H3/b11-7+. The van der Waals surface area contributed by atoms with Crippen molar-refractivity contribution in [2.75, 3.05) is 7.05 Å². The zero-order chi connectivity index (χ0) is 9.68. The van der Waals surface area contributed by atoms with Crippen molar-refractivity contribution in [2.24, 2.45) is 0 Å². The largest absolute Gasteiger partial charge is 0.391 e. The van der Waals surface area contributed by atoms with Crippen LogP contribution in [0.4, 0.5) is 0 Å². The number of nitrogens with zero attached hydrogens (tertiary/aromatic N) is 1. The lowest BCUT2D eigenvalue weighted by molar-refractivity contribution is 0.911. The number of hydrogen-bond donors (Lipinski definition) is 1. The fourth-order valence-electron chi connectivity index (χ4n) is 1.12. The second-order valence-electron chi connectivity index (χ2n) is 3.01. The molecule has 0 atom stereocenters. The highest BCUT2D eigenvalue weighted by atomic mass is 14.8. The Kier molecular flexibility index (Phi) is 3.50. The van der Waals surface area contributed by atoms with Gasteiger partial charge in [0.2, 0.25) is 0 Å². The summed E-state index contributed by atoms with van der Waals surface area (Å²) < 4.78 is 0. The first kappa shape index (κ1) is 9.78. The minimum Gasteiger partial charge on any atom is -0.391 e. The van der Waals surface area contributed by atoms with Gasteiger partial charge in [-0.05, 0) is 31.1 Å². The maximum atomic E-state index is 4.23. The van der Waals surface area contributed by atoms with Crippen molar-refractivity contribution in [2.45, 2.75) is 20.3 Å².